The summed E-state index contributed by atoms with van der Waals surface area (Å²) in [6, 6.07) is 12.2. The van der Waals surface area contributed by atoms with Crippen molar-refractivity contribution in [2.45, 2.75) is 0 Å². The van der Waals surface area contributed by atoms with Crippen LogP contribution in [0.25, 0.3) is 21.5 Å². The van der Waals surface area contributed by atoms with Crippen LogP contribution in [-0.2, 0) is 0 Å². The number of halogens is 1. The van der Waals surface area contributed by atoms with Crippen molar-refractivity contribution in [2.75, 3.05) is 19.5 Å². The molecule has 0 aliphatic rings. The molecule has 2 aromatic heterocycles. The molecular formula is C19H14ClN3O4S. The average molecular weight is 416 g/mol. The van der Waals surface area contributed by atoms with Gasteiger partial charge in [-0.15, -0.1) is 10.2 Å². The zero-order valence-electron chi connectivity index (χ0n) is 14.9. The van der Waals surface area contributed by atoms with Crippen LogP contribution in [0.3, 0.4) is 0 Å². The summed E-state index contributed by atoms with van der Waals surface area (Å²) in [5.41, 5.74) is 1.06. The summed E-state index contributed by atoms with van der Waals surface area (Å²) in [5, 5.41) is 13.6. The van der Waals surface area contributed by atoms with Gasteiger partial charge in [-0.2, -0.15) is 0 Å². The highest BCUT2D eigenvalue weighted by Gasteiger charge is 2.14. The molecule has 0 saturated heterocycles. The summed E-state index contributed by atoms with van der Waals surface area (Å²) in [6.07, 6.45) is 0. The third-order valence-electron chi connectivity index (χ3n) is 3.98. The number of nitrogens with one attached hydrogen (secondary N) is 1. The topological polar surface area (TPSA) is 86.5 Å². The third kappa shape index (κ3) is 3.51. The lowest BCUT2D eigenvalue weighted by atomic mass is 10.2. The maximum atomic E-state index is 12.3. The standard InChI is InChI=1S/C19H14ClN3O4S/c1-25-15-6-4-12(9-16(15)26-2)21-19-23-22-17(28-19)13-8-10-7-11(20)3-5-14(10)27-18(13)24/h3-9H,1-2H3,(H,21,23). The predicted octanol–water partition coefficient (Wildman–Crippen LogP) is 4.73. The first kappa shape index (κ1) is 18.3. The van der Waals surface area contributed by atoms with E-state index in [1.807, 2.05) is 6.07 Å². The Hall–Kier alpha value is -3.10. The van der Waals surface area contributed by atoms with Crippen LogP contribution in [-0.4, -0.2) is 24.4 Å². The van der Waals surface area contributed by atoms with Crippen LogP contribution < -0.4 is 20.4 Å². The number of aromatic nitrogens is 2. The van der Waals surface area contributed by atoms with E-state index in [9.17, 15) is 4.79 Å². The van der Waals surface area contributed by atoms with Crippen LogP contribution in [0.1, 0.15) is 0 Å². The first-order valence-corrected chi connectivity index (χ1v) is 9.33. The maximum Gasteiger partial charge on any atom is 0.346 e. The van der Waals surface area contributed by atoms with Gasteiger partial charge in [0.05, 0.1) is 19.8 Å². The Balaban J connectivity index is 1.65. The molecule has 2 aromatic carbocycles. The van der Waals surface area contributed by atoms with E-state index in [1.54, 1.807) is 50.6 Å². The van der Waals surface area contributed by atoms with Crippen molar-refractivity contribution in [2.24, 2.45) is 0 Å². The molecule has 1 N–H and O–H groups in total. The zero-order valence-corrected chi connectivity index (χ0v) is 16.4. The van der Waals surface area contributed by atoms with Crippen molar-refractivity contribution in [1.29, 1.82) is 0 Å². The summed E-state index contributed by atoms with van der Waals surface area (Å²) in [4.78, 5) is 12.3. The van der Waals surface area contributed by atoms with Crippen molar-refractivity contribution < 1.29 is 13.9 Å². The quantitative estimate of drug-likeness (QED) is 0.471. The molecule has 0 bridgehead atoms. The van der Waals surface area contributed by atoms with Gasteiger partial charge in [-0.3, -0.25) is 0 Å². The molecule has 28 heavy (non-hydrogen) atoms. The lowest BCUT2D eigenvalue weighted by Gasteiger charge is -2.09. The van der Waals surface area contributed by atoms with Crippen molar-refractivity contribution in [3.8, 4) is 22.1 Å². The van der Waals surface area contributed by atoms with Gasteiger partial charge in [0.2, 0.25) is 5.13 Å². The largest absolute Gasteiger partial charge is 0.493 e. The summed E-state index contributed by atoms with van der Waals surface area (Å²) in [7, 11) is 3.14. The Kier molecular flexibility index (Phi) is 4.89. The van der Waals surface area contributed by atoms with Crippen molar-refractivity contribution in [3.63, 3.8) is 0 Å². The highest BCUT2D eigenvalue weighted by molar-refractivity contribution is 7.18. The Bertz CT molecular complexity index is 1220. The molecule has 7 nitrogen and oxygen atoms in total. The van der Waals surface area contributed by atoms with Gasteiger partial charge in [0, 0.05) is 22.2 Å². The monoisotopic (exact) mass is 415 g/mol. The minimum absolute atomic E-state index is 0.327. The van der Waals surface area contributed by atoms with E-state index >= 15 is 0 Å². The van der Waals surface area contributed by atoms with Crippen molar-refractivity contribution in [1.82, 2.24) is 10.2 Å². The lowest BCUT2D eigenvalue weighted by molar-refractivity contribution is 0.355. The van der Waals surface area contributed by atoms with Crippen LogP contribution in [0.5, 0.6) is 11.5 Å². The smallest absolute Gasteiger partial charge is 0.346 e. The first-order chi connectivity index (χ1) is 13.6. The van der Waals surface area contributed by atoms with E-state index in [2.05, 4.69) is 15.5 Å². The minimum atomic E-state index is -0.483. The molecule has 4 aromatic rings. The van der Waals surface area contributed by atoms with E-state index in [0.29, 0.717) is 43.2 Å². The molecular weight excluding hydrogens is 402 g/mol. The molecule has 0 aliphatic carbocycles. The molecule has 0 aliphatic heterocycles. The number of hydrogen-bond donors (Lipinski definition) is 1. The number of fused-ring (bicyclic) bond motifs is 1. The normalized spacial score (nSPS) is 10.8. The van der Waals surface area contributed by atoms with Gasteiger partial charge >= 0.3 is 5.63 Å². The fourth-order valence-corrected chi connectivity index (χ4v) is 3.61. The highest BCUT2D eigenvalue weighted by atomic mass is 35.5. The van der Waals surface area contributed by atoms with Gasteiger partial charge in [0.1, 0.15) is 5.58 Å². The summed E-state index contributed by atoms with van der Waals surface area (Å²) in [6.45, 7) is 0. The van der Waals surface area contributed by atoms with Gasteiger partial charge in [0.25, 0.3) is 0 Å². The highest BCUT2D eigenvalue weighted by Crippen LogP contribution is 2.33. The first-order valence-electron chi connectivity index (χ1n) is 8.13. The lowest BCUT2D eigenvalue weighted by Crippen LogP contribution is -2.02. The molecule has 0 unspecified atom stereocenters. The average Bonchev–Trinajstić information content (AvgIpc) is 3.15. The van der Waals surface area contributed by atoms with Gasteiger partial charge in [-0.05, 0) is 36.4 Å². The molecule has 0 saturated carbocycles. The second-order valence-electron chi connectivity index (χ2n) is 5.74. The van der Waals surface area contributed by atoms with Gasteiger partial charge in [-0.1, -0.05) is 22.9 Å². The molecule has 0 atom stereocenters. The number of anilines is 2. The van der Waals surface area contributed by atoms with E-state index in [1.165, 1.54) is 11.3 Å². The van der Waals surface area contributed by atoms with E-state index in [4.69, 9.17) is 25.5 Å². The number of nitrogens with zero attached hydrogens (tertiary/aromatic N) is 2. The van der Waals surface area contributed by atoms with Crippen LogP contribution in [0.15, 0.2) is 51.7 Å². The summed E-state index contributed by atoms with van der Waals surface area (Å²) < 4.78 is 15.9. The molecule has 0 spiro atoms. The molecule has 4 rings (SSSR count). The Morgan fingerprint density at radius 2 is 1.86 bits per heavy atom. The van der Waals surface area contributed by atoms with Gasteiger partial charge < -0.3 is 19.2 Å². The Morgan fingerprint density at radius 3 is 2.64 bits per heavy atom. The van der Waals surface area contributed by atoms with E-state index in [0.717, 1.165) is 5.69 Å². The Labute approximate surface area is 168 Å². The van der Waals surface area contributed by atoms with Gasteiger partial charge in [-0.25, -0.2) is 4.79 Å². The summed E-state index contributed by atoms with van der Waals surface area (Å²) in [5.74, 6) is 1.21. The maximum absolute atomic E-state index is 12.3. The zero-order chi connectivity index (χ0) is 19.7. The second-order valence-corrected chi connectivity index (χ2v) is 7.15. The second kappa shape index (κ2) is 7.49. The van der Waals surface area contributed by atoms with Crippen molar-refractivity contribution >= 4 is 44.7 Å². The van der Waals surface area contributed by atoms with Crippen LogP contribution in [0.2, 0.25) is 5.02 Å². The molecule has 0 amide bonds. The minimum Gasteiger partial charge on any atom is -0.493 e. The predicted molar refractivity (Wildman–Crippen MR) is 109 cm³/mol. The van der Waals surface area contributed by atoms with E-state index in [-0.39, 0.29) is 0 Å². The van der Waals surface area contributed by atoms with Crippen molar-refractivity contribution in [3.05, 3.63) is 57.9 Å². The number of ether oxygens (including phenoxy) is 2. The fraction of sp³-hybridized carbons (Fsp3) is 0.105. The van der Waals surface area contributed by atoms with Crippen LogP contribution >= 0.6 is 22.9 Å². The van der Waals surface area contributed by atoms with Gasteiger partial charge in [0.15, 0.2) is 16.5 Å². The SMILES string of the molecule is COc1ccc(Nc2nnc(-c3cc4cc(Cl)ccc4oc3=O)s2)cc1OC. The van der Waals surface area contributed by atoms with Crippen LogP contribution in [0, 0.1) is 0 Å². The Morgan fingerprint density at radius 1 is 1.04 bits per heavy atom. The summed E-state index contributed by atoms with van der Waals surface area (Å²) >= 11 is 7.26. The molecule has 0 radical (unpaired) electrons. The fourth-order valence-electron chi connectivity index (χ4n) is 2.66. The number of rotatable bonds is 5. The third-order valence-corrected chi connectivity index (χ3v) is 5.09. The van der Waals surface area contributed by atoms with E-state index < -0.39 is 5.63 Å². The molecule has 9 heteroatoms. The van der Waals surface area contributed by atoms with Crippen LogP contribution in [0.4, 0.5) is 10.8 Å². The molecule has 2 heterocycles. The number of methoxy groups -OCH3 is 2. The number of benzene rings is 2. The molecule has 0 fully saturated rings. The number of hydrogen-bond acceptors (Lipinski definition) is 8. The molecule has 142 valence electrons.